The van der Waals surface area contributed by atoms with Crippen LogP contribution in [0.25, 0.3) is 10.9 Å². The average molecular weight is 289 g/mol. The van der Waals surface area contributed by atoms with Gasteiger partial charge in [0.15, 0.2) is 0 Å². The van der Waals surface area contributed by atoms with Crippen LogP contribution in [0.4, 0.5) is 0 Å². The number of hydrogen-bond acceptors (Lipinski definition) is 3. The van der Waals surface area contributed by atoms with Crippen LogP contribution < -0.4 is 11.1 Å². The topological polar surface area (TPSA) is 91.1 Å². The zero-order chi connectivity index (χ0) is 15.6. The number of rotatable bonds is 5. The molecule has 0 saturated heterocycles. The predicted molar refractivity (Wildman–Crippen MR) is 83.9 cm³/mol. The molecule has 0 aliphatic rings. The second-order valence-electron chi connectivity index (χ2n) is 6.06. The van der Waals surface area contributed by atoms with Crippen LogP contribution in [0.15, 0.2) is 30.5 Å². The van der Waals surface area contributed by atoms with E-state index in [1.165, 1.54) is 0 Å². The molecule has 1 heterocycles. The largest absolute Gasteiger partial charge is 0.391 e. The van der Waals surface area contributed by atoms with E-state index in [2.05, 4.69) is 10.3 Å². The van der Waals surface area contributed by atoms with E-state index >= 15 is 0 Å². The van der Waals surface area contributed by atoms with E-state index in [-0.39, 0.29) is 5.91 Å². The number of carbonyl (C=O) groups excluding carboxylic acids is 1. The Bertz CT molecular complexity index is 631. The molecular weight excluding hydrogens is 266 g/mol. The van der Waals surface area contributed by atoms with Gasteiger partial charge in [0.25, 0.3) is 0 Å². The van der Waals surface area contributed by atoms with Crippen LogP contribution in [0.1, 0.15) is 26.3 Å². The van der Waals surface area contributed by atoms with E-state index in [9.17, 15) is 9.90 Å². The average Bonchev–Trinajstić information content (AvgIpc) is 2.81. The second kappa shape index (κ2) is 5.87. The van der Waals surface area contributed by atoms with Crippen molar-refractivity contribution in [1.82, 2.24) is 10.3 Å². The lowest BCUT2D eigenvalue weighted by Gasteiger charge is -2.30. The number of aromatic nitrogens is 1. The zero-order valence-corrected chi connectivity index (χ0v) is 12.7. The molecule has 0 aliphatic carbocycles. The normalized spacial score (nSPS) is 14.9. The minimum atomic E-state index is -0.699. The number of aliphatic hydroxyl groups excluding tert-OH is 1. The first-order valence-electron chi connectivity index (χ1n) is 7.12. The summed E-state index contributed by atoms with van der Waals surface area (Å²) in [6.07, 6.45) is 1.69. The number of aliphatic hydroxyl groups is 1. The van der Waals surface area contributed by atoms with Crippen LogP contribution in [0.5, 0.6) is 0 Å². The number of para-hydroxylation sites is 1. The van der Waals surface area contributed by atoms with Crippen LogP contribution in [0.3, 0.4) is 0 Å². The van der Waals surface area contributed by atoms with E-state index in [0.717, 1.165) is 16.5 Å². The summed E-state index contributed by atoms with van der Waals surface area (Å²) in [5, 5.41) is 13.5. The van der Waals surface area contributed by atoms with Gasteiger partial charge >= 0.3 is 0 Å². The van der Waals surface area contributed by atoms with Crippen molar-refractivity contribution in [1.29, 1.82) is 0 Å². The molecule has 2 unspecified atom stereocenters. The lowest BCUT2D eigenvalue weighted by atomic mass is 9.97. The summed E-state index contributed by atoms with van der Waals surface area (Å²) >= 11 is 0. The number of H-pyrrole nitrogens is 1. The highest BCUT2D eigenvalue weighted by atomic mass is 16.3. The Morgan fingerprint density at radius 1 is 1.43 bits per heavy atom. The highest BCUT2D eigenvalue weighted by Crippen LogP contribution is 2.19. The quantitative estimate of drug-likeness (QED) is 0.669. The molecule has 1 aromatic heterocycles. The van der Waals surface area contributed by atoms with Crippen LogP contribution in [0.2, 0.25) is 0 Å². The molecule has 5 N–H and O–H groups in total. The summed E-state index contributed by atoms with van der Waals surface area (Å²) in [5.41, 5.74) is 7.35. The summed E-state index contributed by atoms with van der Waals surface area (Å²) in [5.74, 6) is -0.258. The molecule has 2 rings (SSSR count). The third-order valence-corrected chi connectivity index (χ3v) is 3.94. The summed E-state index contributed by atoms with van der Waals surface area (Å²) in [6, 6.07) is 7.26. The van der Waals surface area contributed by atoms with Gasteiger partial charge < -0.3 is 21.1 Å². The van der Waals surface area contributed by atoms with E-state index in [4.69, 9.17) is 5.73 Å². The molecule has 5 heteroatoms. The Hall–Kier alpha value is -1.85. The third-order valence-electron chi connectivity index (χ3n) is 3.94. The van der Waals surface area contributed by atoms with Crippen molar-refractivity contribution in [3.63, 3.8) is 0 Å². The summed E-state index contributed by atoms with van der Waals surface area (Å²) in [4.78, 5) is 15.3. The monoisotopic (exact) mass is 289 g/mol. The number of nitrogens with two attached hydrogens (primary N) is 1. The molecule has 0 radical (unpaired) electrons. The molecule has 0 spiro atoms. The van der Waals surface area contributed by atoms with Crippen LogP contribution in [-0.2, 0) is 11.2 Å². The fraction of sp³-hybridized carbons (Fsp3) is 0.438. The highest BCUT2D eigenvalue weighted by Gasteiger charge is 2.28. The van der Waals surface area contributed by atoms with Crippen molar-refractivity contribution < 1.29 is 9.90 Å². The maximum atomic E-state index is 12.2. The van der Waals surface area contributed by atoms with Gasteiger partial charge in [-0.1, -0.05) is 18.2 Å². The molecule has 0 bridgehead atoms. The number of fused-ring (bicyclic) bond motifs is 1. The van der Waals surface area contributed by atoms with Gasteiger partial charge in [0.1, 0.15) is 0 Å². The Balaban J connectivity index is 2.07. The van der Waals surface area contributed by atoms with Crippen molar-refractivity contribution in [3.8, 4) is 0 Å². The Kier molecular flexibility index (Phi) is 4.34. The first-order valence-corrected chi connectivity index (χ1v) is 7.12. The Morgan fingerprint density at radius 2 is 2.10 bits per heavy atom. The van der Waals surface area contributed by atoms with Crippen LogP contribution in [0, 0.1) is 0 Å². The number of carbonyl (C=O) groups is 1. The van der Waals surface area contributed by atoms with Crippen LogP contribution >= 0.6 is 0 Å². The van der Waals surface area contributed by atoms with Gasteiger partial charge in [0.05, 0.1) is 17.7 Å². The van der Waals surface area contributed by atoms with E-state index < -0.39 is 17.7 Å². The fourth-order valence-electron chi connectivity index (χ4n) is 2.14. The third kappa shape index (κ3) is 3.43. The number of nitrogens with one attached hydrogen (secondary N) is 2. The molecule has 0 aliphatic heterocycles. The predicted octanol–water partition coefficient (Wildman–Crippen LogP) is 1.31. The highest BCUT2D eigenvalue weighted by molar-refractivity contribution is 5.86. The smallest absolute Gasteiger partial charge is 0.237 e. The molecule has 114 valence electrons. The second-order valence-corrected chi connectivity index (χ2v) is 6.06. The summed E-state index contributed by atoms with van der Waals surface area (Å²) in [7, 11) is 0. The minimum absolute atomic E-state index is 0.258. The Labute approximate surface area is 124 Å². The summed E-state index contributed by atoms with van der Waals surface area (Å²) < 4.78 is 0. The number of amides is 1. The molecule has 1 amide bonds. The van der Waals surface area contributed by atoms with Crippen molar-refractivity contribution in [2.24, 2.45) is 5.73 Å². The standard InChI is InChI=1S/C16H23N3O2/c1-10(20)16(2,3)19-15(21)13(17)8-11-9-18-14-7-5-4-6-12(11)14/h4-7,9-10,13,18,20H,8,17H2,1-3H3,(H,19,21). The maximum absolute atomic E-state index is 12.2. The first kappa shape index (κ1) is 15.5. The lowest BCUT2D eigenvalue weighted by Crippen LogP contribution is -2.55. The molecule has 5 nitrogen and oxygen atoms in total. The summed E-state index contributed by atoms with van der Waals surface area (Å²) in [6.45, 7) is 5.19. The number of benzene rings is 1. The van der Waals surface area contributed by atoms with Crippen molar-refractivity contribution >= 4 is 16.8 Å². The lowest BCUT2D eigenvalue weighted by molar-refractivity contribution is -0.125. The van der Waals surface area contributed by atoms with E-state index in [0.29, 0.717) is 6.42 Å². The van der Waals surface area contributed by atoms with Gasteiger partial charge in [-0.2, -0.15) is 0 Å². The van der Waals surface area contributed by atoms with Crippen LogP contribution in [-0.4, -0.2) is 33.7 Å². The Morgan fingerprint density at radius 3 is 2.76 bits per heavy atom. The minimum Gasteiger partial charge on any atom is -0.391 e. The maximum Gasteiger partial charge on any atom is 0.237 e. The van der Waals surface area contributed by atoms with E-state index in [1.54, 1.807) is 20.8 Å². The molecule has 2 atom stereocenters. The molecular formula is C16H23N3O2. The van der Waals surface area contributed by atoms with Crippen molar-refractivity contribution in [3.05, 3.63) is 36.0 Å². The van der Waals surface area contributed by atoms with E-state index in [1.807, 2.05) is 30.5 Å². The van der Waals surface area contributed by atoms with Gasteiger partial charge in [-0.25, -0.2) is 0 Å². The fourth-order valence-corrected chi connectivity index (χ4v) is 2.14. The van der Waals surface area contributed by atoms with Crippen molar-refractivity contribution in [2.45, 2.75) is 44.9 Å². The first-order chi connectivity index (χ1) is 9.81. The van der Waals surface area contributed by atoms with Gasteiger partial charge in [0, 0.05) is 17.1 Å². The van der Waals surface area contributed by atoms with Gasteiger partial charge in [-0.05, 0) is 38.8 Å². The van der Waals surface area contributed by atoms with Gasteiger partial charge in [-0.3, -0.25) is 4.79 Å². The SMILES string of the molecule is CC(O)C(C)(C)NC(=O)C(N)Cc1c[nH]c2ccccc12. The molecule has 1 aromatic carbocycles. The number of hydrogen-bond donors (Lipinski definition) is 4. The van der Waals surface area contributed by atoms with Gasteiger partial charge in [-0.15, -0.1) is 0 Å². The molecule has 21 heavy (non-hydrogen) atoms. The zero-order valence-electron chi connectivity index (χ0n) is 12.7. The molecule has 0 saturated carbocycles. The number of aromatic amines is 1. The van der Waals surface area contributed by atoms with Gasteiger partial charge in [0.2, 0.25) is 5.91 Å². The molecule has 2 aromatic rings. The molecule has 0 fully saturated rings. The van der Waals surface area contributed by atoms with Crippen molar-refractivity contribution in [2.75, 3.05) is 0 Å².